The van der Waals surface area contributed by atoms with E-state index in [0.717, 1.165) is 36.6 Å². The number of hydrogen-bond donors (Lipinski definition) is 1. The van der Waals surface area contributed by atoms with Gasteiger partial charge < -0.3 is 19.5 Å². The minimum Gasteiger partial charge on any atom is -0.493 e. The lowest BCUT2D eigenvalue weighted by Gasteiger charge is -2.21. The van der Waals surface area contributed by atoms with Crippen LogP contribution in [0.2, 0.25) is 0 Å². The fourth-order valence-corrected chi connectivity index (χ4v) is 2.49. The van der Waals surface area contributed by atoms with Gasteiger partial charge in [-0.3, -0.25) is 0 Å². The number of benzene rings is 1. The molecule has 1 fully saturated rings. The molecule has 1 aliphatic heterocycles. The molecule has 1 aromatic rings. The molecule has 1 saturated heterocycles. The van der Waals surface area contributed by atoms with Crippen molar-refractivity contribution in [3.05, 3.63) is 23.8 Å². The second-order valence-corrected chi connectivity index (χ2v) is 4.87. The van der Waals surface area contributed by atoms with Gasteiger partial charge in [0.05, 0.1) is 20.3 Å². The number of methoxy groups -OCH3 is 2. The Morgan fingerprint density at radius 2 is 2.21 bits per heavy atom. The minimum absolute atomic E-state index is 0.330. The Hall–Kier alpha value is -1.26. The topological polar surface area (TPSA) is 39.7 Å². The molecule has 19 heavy (non-hydrogen) atoms. The first-order chi connectivity index (χ1) is 9.26. The van der Waals surface area contributed by atoms with Crippen molar-refractivity contribution in [3.8, 4) is 11.5 Å². The molecule has 2 atom stereocenters. The van der Waals surface area contributed by atoms with Crippen LogP contribution in [0.15, 0.2) is 18.2 Å². The summed E-state index contributed by atoms with van der Waals surface area (Å²) >= 11 is 0. The van der Waals surface area contributed by atoms with Crippen LogP contribution in [0.4, 0.5) is 0 Å². The van der Waals surface area contributed by atoms with E-state index in [9.17, 15) is 0 Å². The summed E-state index contributed by atoms with van der Waals surface area (Å²) in [6, 6.07) is 6.29. The van der Waals surface area contributed by atoms with Crippen LogP contribution in [-0.2, 0) is 11.3 Å². The van der Waals surface area contributed by atoms with E-state index in [1.165, 1.54) is 6.42 Å². The third-order valence-electron chi connectivity index (χ3n) is 3.62. The smallest absolute Gasteiger partial charge is 0.165 e. The average molecular weight is 265 g/mol. The Labute approximate surface area is 115 Å². The van der Waals surface area contributed by atoms with Crippen LogP contribution in [0, 0.1) is 0 Å². The molecule has 0 unspecified atom stereocenters. The normalized spacial score (nSPS) is 20.3. The van der Waals surface area contributed by atoms with Gasteiger partial charge in [0.25, 0.3) is 0 Å². The zero-order valence-electron chi connectivity index (χ0n) is 11.9. The zero-order valence-corrected chi connectivity index (χ0v) is 11.9. The highest BCUT2D eigenvalue weighted by molar-refractivity contribution is 5.46. The minimum atomic E-state index is 0.330. The van der Waals surface area contributed by atoms with Gasteiger partial charge in [-0.05, 0) is 25.8 Å². The first-order valence-electron chi connectivity index (χ1n) is 6.81. The lowest BCUT2D eigenvalue weighted by atomic mass is 10.1. The quantitative estimate of drug-likeness (QED) is 0.857. The summed E-state index contributed by atoms with van der Waals surface area (Å²) in [7, 11) is 3.33. The molecule has 1 heterocycles. The van der Waals surface area contributed by atoms with Crippen LogP contribution >= 0.6 is 0 Å². The van der Waals surface area contributed by atoms with Crippen LogP contribution in [-0.4, -0.2) is 33.0 Å². The molecule has 0 spiro atoms. The summed E-state index contributed by atoms with van der Waals surface area (Å²) in [5, 5.41) is 3.51. The van der Waals surface area contributed by atoms with Crippen molar-refractivity contribution in [1.29, 1.82) is 0 Å². The largest absolute Gasteiger partial charge is 0.493 e. The molecule has 0 amide bonds. The summed E-state index contributed by atoms with van der Waals surface area (Å²) in [6.07, 6.45) is 2.64. The van der Waals surface area contributed by atoms with Crippen LogP contribution < -0.4 is 14.8 Å². The second-order valence-electron chi connectivity index (χ2n) is 4.87. The van der Waals surface area contributed by atoms with Crippen LogP contribution in [0.1, 0.15) is 25.3 Å². The highest BCUT2D eigenvalue weighted by Crippen LogP contribution is 2.30. The Balaban J connectivity index is 1.98. The fraction of sp³-hybridized carbons (Fsp3) is 0.600. The van der Waals surface area contributed by atoms with Gasteiger partial charge >= 0.3 is 0 Å². The van der Waals surface area contributed by atoms with Crippen molar-refractivity contribution in [1.82, 2.24) is 5.32 Å². The molecular formula is C15H23NO3. The molecule has 2 rings (SSSR count). The Kier molecular flexibility index (Phi) is 5.05. The lowest BCUT2D eigenvalue weighted by molar-refractivity contribution is 0.0831. The number of rotatable bonds is 6. The molecule has 0 aromatic heterocycles. The third-order valence-corrected chi connectivity index (χ3v) is 3.62. The Morgan fingerprint density at radius 3 is 2.84 bits per heavy atom. The highest BCUT2D eigenvalue weighted by Gasteiger charge is 2.22. The molecule has 0 saturated carbocycles. The fourth-order valence-electron chi connectivity index (χ4n) is 2.49. The van der Waals surface area contributed by atoms with Gasteiger partial charge in [-0.25, -0.2) is 0 Å². The van der Waals surface area contributed by atoms with Crippen molar-refractivity contribution in [3.63, 3.8) is 0 Å². The first kappa shape index (κ1) is 14.2. The molecule has 1 N–H and O–H groups in total. The number of ether oxygens (including phenoxy) is 3. The predicted octanol–water partition coefficient (Wildman–Crippen LogP) is 2.36. The van der Waals surface area contributed by atoms with E-state index in [1.807, 2.05) is 12.1 Å². The number of para-hydroxylation sites is 1. The molecule has 1 aromatic carbocycles. The van der Waals surface area contributed by atoms with Crippen molar-refractivity contribution >= 4 is 0 Å². The molecule has 0 radical (unpaired) electrons. The lowest BCUT2D eigenvalue weighted by Crippen LogP contribution is -2.36. The standard InChI is InChI=1S/C15H23NO3/c1-11(13-8-5-9-19-13)16-10-12-6-4-7-14(17-2)15(12)18-3/h4,6-7,11,13,16H,5,8-10H2,1-3H3/t11-,13+/m1/s1. The van der Waals surface area contributed by atoms with Gasteiger partial charge in [-0.15, -0.1) is 0 Å². The average Bonchev–Trinajstić information content (AvgIpc) is 2.98. The number of hydrogen-bond acceptors (Lipinski definition) is 4. The van der Waals surface area contributed by atoms with Crippen molar-refractivity contribution in [2.24, 2.45) is 0 Å². The van der Waals surface area contributed by atoms with Crippen LogP contribution in [0.5, 0.6) is 11.5 Å². The Morgan fingerprint density at radius 1 is 1.37 bits per heavy atom. The van der Waals surface area contributed by atoms with E-state index in [1.54, 1.807) is 14.2 Å². The van der Waals surface area contributed by atoms with Crippen LogP contribution in [0.3, 0.4) is 0 Å². The van der Waals surface area contributed by atoms with Gasteiger partial charge in [0, 0.05) is 24.8 Å². The van der Waals surface area contributed by atoms with Gasteiger partial charge in [0.15, 0.2) is 11.5 Å². The second kappa shape index (κ2) is 6.78. The summed E-state index contributed by atoms with van der Waals surface area (Å²) in [5.41, 5.74) is 1.10. The first-order valence-corrected chi connectivity index (χ1v) is 6.81. The summed E-state index contributed by atoms with van der Waals surface area (Å²) in [4.78, 5) is 0. The van der Waals surface area contributed by atoms with Crippen molar-refractivity contribution in [2.75, 3.05) is 20.8 Å². The predicted molar refractivity (Wildman–Crippen MR) is 74.8 cm³/mol. The van der Waals surface area contributed by atoms with E-state index < -0.39 is 0 Å². The van der Waals surface area contributed by atoms with Gasteiger partial charge in [0.1, 0.15) is 0 Å². The van der Waals surface area contributed by atoms with Crippen molar-refractivity contribution < 1.29 is 14.2 Å². The third kappa shape index (κ3) is 3.39. The van der Waals surface area contributed by atoms with E-state index in [2.05, 4.69) is 18.3 Å². The molecule has 0 bridgehead atoms. The van der Waals surface area contributed by atoms with Crippen LogP contribution in [0.25, 0.3) is 0 Å². The Bertz CT molecular complexity index is 402. The number of nitrogens with one attached hydrogen (secondary N) is 1. The molecule has 106 valence electrons. The van der Waals surface area contributed by atoms with Crippen molar-refractivity contribution in [2.45, 2.75) is 38.5 Å². The van der Waals surface area contributed by atoms with E-state index in [-0.39, 0.29) is 0 Å². The maximum absolute atomic E-state index is 5.69. The van der Waals surface area contributed by atoms with E-state index in [4.69, 9.17) is 14.2 Å². The van der Waals surface area contributed by atoms with Gasteiger partial charge in [-0.1, -0.05) is 12.1 Å². The van der Waals surface area contributed by atoms with Gasteiger partial charge in [0.2, 0.25) is 0 Å². The molecule has 4 nitrogen and oxygen atoms in total. The van der Waals surface area contributed by atoms with E-state index >= 15 is 0 Å². The molecule has 0 aliphatic carbocycles. The SMILES string of the molecule is COc1cccc(CN[C@H](C)[C@@H]2CCCO2)c1OC. The molecule has 4 heteroatoms. The molecular weight excluding hydrogens is 242 g/mol. The summed E-state index contributed by atoms with van der Waals surface area (Å²) in [6.45, 7) is 3.81. The summed E-state index contributed by atoms with van der Waals surface area (Å²) < 4.78 is 16.4. The monoisotopic (exact) mass is 265 g/mol. The maximum Gasteiger partial charge on any atom is 0.165 e. The molecule has 1 aliphatic rings. The summed E-state index contributed by atoms with van der Waals surface area (Å²) in [5.74, 6) is 1.57. The van der Waals surface area contributed by atoms with E-state index in [0.29, 0.717) is 12.1 Å². The zero-order chi connectivity index (χ0) is 13.7. The highest BCUT2D eigenvalue weighted by atomic mass is 16.5. The van der Waals surface area contributed by atoms with Gasteiger partial charge in [-0.2, -0.15) is 0 Å². The maximum atomic E-state index is 5.69.